The van der Waals surface area contributed by atoms with Gasteiger partial charge in [-0.05, 0) is 29.8 Å². The van der Waals surface area contributed by atoms with Gasteiger partial charge in [0.15, 0.2) is 0 Å². The van der Waals surface area contributed by atoms with Gasteiger partial charge in [-0.2, -0.15) is 5.10 Å². The summed E-state index contributed by atoms with van der Waals surface area (Å²) >= 11 is 0. The maximum Gasteiger partial charge on any atom is 0.341 e. The zero-order chi connectivity index (χ0) is 22.9. The number of aromatic nitrogens is 4. The summed E-state index contributed by atoms with van der Waals surface area (Å²) < 4.78 is 18.3. The standard InChI is InChI=1S/C23H21FN6O3/c24-19-9-17-20(10-21(19)28-7-5-25-6-8-28)30(12-18(22(17)31)23(32)33)16-3-1-15(2-4-16)11-29-14-26-13-27-29/h1-4,9-10,12-14,25H,5-8,11H2,(H,32,33). The summed E-state index contributed by atoms with van der Waals surface area (Å²) in [7, 11) is 0. The molecule has 0 atom stereocenters. The van der Waals surface area contributed by atoms with E-state index in [2.05, 4.69) is 15.4 Å². The fraction of sp³-hybridized carbons (Fsp3) is 0.217. The smallest absolute Gasteiger partial charge is 0.341 e. The molecule has 0 saturated carbocycles. The van der Waals surface area contributed by atoms with Crippen LogP contribution in [0.1, 0.15) is 15.9 Å². The Bertz CT molecular complexity index is 1380. The molecule has 0 bridgehead atoms. The maximum atomic E-state index is 15.0. The molecule has 2 N–H and O–H groups in total. The molecule has 168 valence electrons. The van der Waals surface area contributed by atoms with Crippen molar-refractivity contribution in [1.29, 1.82) is 0 Å². The number of pyridine rings is 1. The minimum atomic E-state index is -1.36. The van der Waals surface area contributed by atoms with Crippen LogP contribution in [0.4, 0.5) is 10.1 Å². The molecule has 0 amide bonds. The van der Waals surface area contributed by atoms with Crippen molar-refractivity contribution in [3.8, 4) is 5.69 Å². The van der Waals surface area contributed by atoms with Crippen LogP contribution < -0.4 is 15.6 Å². The SMILES string of the molecule is O=C(O)c1cn(-c2ccc(Cn3cncn3)cc2)c2cc(N3CCNCC3)c(F)cc2c1=O. The highest BCUT2D eigenvalue weighted by Gasteiger charge is 2.21. The fourth-order valence-electron chi connectivity index (χ4n) is 4.11. The van der Waals surface area contributed by atoms with E-state index < -0.39 is 22.8 Å². The Kier molecular flexibility index (Phi) is 5.35. The number of carboxylic acids is 1. The van der Waals surface area contributed by atoms with Crippen molar-refractivity contribution < 1.29 is 14.3 Å². The predicted octanol–water partition coefficient (Wildman–Crippen LogP) is 1.88. The van der Waals surface area contributed by atoms with Gasteiger partial charge in [0.25, 0.3) is 0 Å². The highest BCUT2D eigenvalue weighted by Crippen LogP contribution is 2.27. The monoisotopic (exact) mass is 448 g/mol. The second kappa shape index (κ2) is 8.47. The second-order valence-corrected chi connectivity index (χ2v) is 7.86. The molecule has 5 rings (SSSR count). The van der Waals surface area contributed by atoms with Crippen LogP contribution in [0.3, 0.4) is 0 Å². The molecule has 0 spiro atoms. The molecule has 1 saturated heterocycles. The number of fused-ring (bicyclic) bond motifs is 1. The van der Waals surface area contributed by atoms with Crippen LogP contribution in [0.2, 0.25) is 0 Å². The van der Waals surface area contributed by atoms with Crippen LogP contribution in [-0.4, -0.2) is 56.6 Å². The Morgan fingerprint density at radius 2 is 1.91 bits per heavy atom. The third kappa shape index (κ3) is 3.96. The number of benzene rings is 2. The average Bonchev–Trinajstić information content (AvgIpc) is 3.33. The first-order valence-corrected chi connectivity index (χ1v) is 10.5. The predicted molar refractivity (Wildman–Crippen MR) is 121 cm³/mol. The zero-order valence-corrected chi connectivity index (χ0v) is 17.6. The summed E-state index contributed by atoms with van der Waals surface area (Å²) in [6.45, 7) is 3.27. The summed E-state index contributed by atoms with van der Waals surface area (Å²) in [5.41, 5.74) is 1.35. The first-order chi connectivity index (χ1) is 16.0. The van der Waals surface area contributed by atoms with Crippen LogP contribution in [0.25, 0.3) is 16.6 Å². The summed E-state index contributed by atoms with van der Waals surface area (Å²) in [4.78, 5) is 30.4. The number of carboxylic acid groups (broad SMARTS) is 1. The summed E-state index contributed by atoms with van der Waals surface area (Å²) in [6, 6.07) is 10.2. The number of nitrogens with one attached hydrogen (secondary N) is 1. The van der Waals surface area contributed by atoms with Crippen LogP contribution in [0.5, 0.6) is 0 Å². The van der Waals surface area contributed by atoms with Crippen LogP contribution >= 0.6 is 0 Å². The van der Waals surface area contributed by atoms with Crippen LogP contribution in [0.15, 0.2) is 60.0 Å². The van der Waals surface area contributed by atoms with Gasteiger partial charge in [-0.1, -0.05) is 12.1 Å². The average molecular weight is 448 g/mol. The van der Waals surface area contributed by atoms with Gasteiger partial charge in [-0.15, -0.1) is 0 Å². The van der Waals surface area contributed by atoms with Crippen molar-refractivity contribution in [2.75, 3.05) is 31.1 Å². The molecule has 1 fully saturated rings. The Morgan fingerprint density at radius 3 is 2.58 bits per heavy atom. The van der Waals surface area contributed by atoms with E-state index >= 15 is 4.39 Å². The number of aromatic carboxylic acids is 1. The Labute approximate surface area is 187 Å². The van der Waals surface area contributed by atoms with Crippen molar-refractivity contribution in [2.45, 2.75) is 6.54 Å². The zero-order valence-electron chi connectivity index (χ0n) is 17.6. The Hall–Kier alpha value is -4.05. The third-order valence-electron chi connectivity index (χ3n) is 5.79. The molecular weight excluding hydrogens is 427 g/mol. The molecule has 3 heterocycles. The number of rotatable bonds is 5. The molecule has 1 aliphatic heterocycles. The van der Waals surface area contributed by atoms with E-state index in [0.29, 0.717) is 36.5 Å². The molecule has 1 aliphatic rings. The first-order valence-electron chi connectivity index (χ1n) is 10.5. The fourth-order valence-corrected chi connectivity index (χ4v) is 4.11. The molecule has 0 aliphatic carbocycles. The van der Waals surface area contributed by atoms with Gasteiger partial charge in [-0.3, -0.25) is 4.79 Å². The normalized spacial score (nSPS) is 14.0. The van der Waals surface area contributed by atoms with Crippen molar-refractivity contribution in [3.05, 3.63) is 82.4 Å². The van der Waals surface area contributed by atoms with Gasteiger partial charge < -0.3 is 19.9 Å². The number of anilines is 1. The third-order valence-corrected chi connectivity index (χ3v) is 5.79. The largest absolute Gasteiger partial charge is 0.477 e. The lowest BCUT2D eigenvalue weighted by atomic mass is 10.1. The van der Waals surface area contributed by atoms with Crippen molar-refractivity contribution in [2.24, 2.45) is 0 Å². The minimum Gasteiger partial charge on any atom is -0.477 e. The van der Waals surface area contributed by atoms with Crippen LogP contribution in [0, 0.1) is 5.82 Å². The first kappa shape index (κ1) is 20.8. The van der Waals surface area contributed by atoms with E-state index in [1.54, 1.807) is 21.6 Å². The molecule has 2 aromatic heterocycles. The topological polar surface area (TPSA) is 105 Å². The maximum absolute atomic E-state index is 15.0. The summed E-state index contributed by atoms with van der Waals surface area (Å²) in [6.07, 6.45) is 4.39. The highest BCUT2D eigenvalue weighted by molar-refractivity contribution is 5.94. The number of nitrogens with zero attached hydrogens (tertiary/aromatic N) is 5. The Balaban J connectivity index is 1.65. The van der Waals surface area contributed by atoms with Crippen molar-refractivity contribution >= 4 is 22.6 Å². The van der Waals surface area contributed by atoms with Gasteiger partial charge in [0.05, 0.1) is 17.7 Å². The van der Waals surface area contributed by atoms with Crippen LogP contribution in [-0.2, 0) is 6.54 Å². The molecular formula is C23H21FN6O3. The minimum absolute atomic E-state index is 0.0259. The lowest BCUT2D eigenvalue weighted by molar-refractivity contribution is 0.0695. The number of carbonyl (C=O) groups is 1. The van der Waals surface area contributed by atoms with Crippen molar-refractivity contribution in [3.63, 3.8) is 0 Å². The lowest BCUT2D eigenvalue weighted by Gasteiger charge is -2.30. The molecule has 0 unspecified atom stereocenters. The highest BCUT2D eigenvalue weighted by atomic mass is 19.1. The quantitative estimate of drug-likeness (QED) is 0.480. The Morgan fingerprint density at radius 1 is 1.15 bits per heavy atom. The number of piperazine rings is 1. The second-order valence-electron chi connectivity index (χ2n) is 7.86. The van der Waals surface area contributed by atoms with E-state index in [1.165, 1.54) is 12.5 Å². The summed E-state index contributed by atoms with van der Waals surface area (Å²) in [5.74, 6) is -1.90. The number of hydrogen-bond donors (Lipinski definition) is 2. The van der Waals surface area contributed by atoms with Gasteiger partial charge in [0, 0.05) is 43.4 Å². The van der Waals surface area contributed by atoms with Crippen molar-refractivity contribution in [1.82, 2.24) is 24.6 Å². The van der Waals surface area contributed by atoms with Gasteiger partial charge in [-0.25, -0.2) is 18.9 Å². The number of halogens is 1. The lowest BCUT2D eigenvalue weighted by Crippen LogP contribution is -2.43. The molecule has 33 heavy (non-hydrogen) atoms. The molecule has 2 aromatic carbocycles. The summed E-state index contributed by atoms with van der Waals surface area (Å²) in [5, 5.41) is 16.9. The number of hydrogen-bond acceptors (Lipinski definition) is 6. The van der Waals surface area contributed by atoms with E-state index in [0.717, 1.165) is 24.7 Å². The molecule has 0 radical (unpaired) electrons. The van der Waals surface area contributed by atoms with Gasteiger partial charge in [0.1, 0.15) is 24.0 Å². The van der Waals surface area contributed by atoms with Gasteiger partial charge in [0.2, 0.25) is 5.43 Å². The van der Waals surface area contributed by atoms with E-state index in [1.807, 2.05) is 29.2 Å². The van der Waals surface area contributed by atoms with E-state index in [9.17, 15) is 14.7 Å². The van der Waals surface area contributed by atoms with Gasteiger partial charge >= 0.3 is 5.97 Å². The van der Waals surface area contributed by atoms with E-state index in [-0.39, 0.29) is 5.39 Å². The molecule has 9 nitrogen and oxygen atoms in total. The van der Waals surface area contributed by atoms with E-state index in [4.69, 9.17) is 0 Å². The molecule has 10 heteroatoms. The molecule has 4 aromatic rings.